The Morgan fingerprint density at radius 2 is 1.96 bits per heavy atom. The molecule has 7 nitrogen and oxygen atoms in total. The fourth-order valence-corrected chi connectivity index (χ4v) is 3.73. The minimum absolute atomic E-state index is 0.0934. The summed E-state index contributed by atoms with van der Waals surface area (Å²) >= 11 is 0. The number of carbonyl (C=O) groups is 1. The Hall–Kier alpha value is -1.57. The lowest BCUT2D eigenvalue weighted by molar-refractivity contribution is -0.129. The molecular weight excluding hydrogens is 318 g/mol. The Kier molecular flexibility index (Phi) is 6.34. The first-order valence-electron chi connectivity index (χ1n) is 9.19. The molecule has 2 saturated heterocycles. The van der Waals surface area contributed by atoms with Gasteiger partial charge >= 0.3 is 0 Å². The van der Waals surface area contributed by atoms with Crippen LogP contribution in [0, 0.1) is 0 Å². The maximum atomic E-state index is 11.8. The van der Waals surface area contributed by atoms with Gasteiger partial charge in [0.1, 0.15) is 0 Å². The molecule has 2 fully saturated rings. The van der Waals surface area contributed by atoms with E-state index in [4.69, 9.17) is 9.72 Å². The number of methoxy groups -OCH3 is 1. The molecule has 0 aromatic carbocycles. The molecule has 3 heterocycles. The molecule has 0 saturated carbocycles. The van der Waals surface area contributed by atoms with Crippen molar-refractivity contribution < 1.29 is 9.53 Å². The summed E-state index contributed by atoms with van der Waals surface area (Å²) in [5, 5.41) is 0. The Morgan fingerprint density at radius 3 is 2.68 bits per heavy atom. The fraction of sp³-hybridized carbons (Fsp3) is 0.722. The van der Waals surface area contributed by atoms with Gasteiger partial charge in [0, 0.05) is 66.0 Å². The lowest BCUT2D eigenvalue weighted by atomic mass is 10.1. The van der Waals surface area contributed by atoms with E-state index >= 15 is 0 Å². The van der Waals surface area contributed by atoms with Gasteiger partial charge in [-0.2, -0.15) is 0 Å². The predicted molar refractivity (Wildman–Crippen MR) is 95.0 cm³/mol. The van der Waals surface area contributed by atoms with Gasteiger partial charge in [-0.3, -0.25) is 24.6 Å². The van der Waals surface area contributed by atoms with E-state index in [0.29, 0.717) is 0 Å². The minimum Gasteiger partial charge on any atom is -0.383 e. The average molecular weight is 347 g/mol. The summed E-state index contributed by atoms with van der Waals surface area (Å²) in [6.45, 7) is 9.30. The van der Waals surface area contributed by atoms with Gasteiger partial charge in [0.25, 0.3) is 0 Å². The van der Waals surface area contributed by atoms with Crippen molar-refractivity contribution in [3.05, 3.63) is 23.8 Å². The second-order valence-electron chi connectivity index (χ2n) is 6.92. The normalized spacial score (nSPS) is 22.5. The van der Waals surface area contributed by atoms with Crippen LogP contribution in [0.1, 0.15) is 37.2 Å². The SMILES string of the molecule is COCCN1CCN(Cc2cncc([C@H]3CCCN3C(C)=O)n2)CC1. The van der Waals surface area contributed by atoms with E-state index in [1.165, 1.54) is 0 Å². The van der Waals surface area contributed by atoms with Crippen LogP contribution in [0.2, 0.25) is 0 Å². The predicted octanol–water partition coefficient (Wildman–Crippen LogP) is 0.924. The van der Waals surface area contributed by atoms with Gasteiger partial charge in [0.15, 0.2) is 0 Å². The fourth-order valence-electron chi connectivity index (χ4n) is 3.73. The first kappa shape index (κ1) is 18.2. The number of ether oxygens (including phenoxy) is 1. The summed E-state index contributed by atoms with van der Waals surface area (Å²) in [6, 6.07) is 0.0934. The monoisotopic (exact) mass is 347 g/mol. The van der Waals surface area contributed by atoms with Crippen molar-refractivity contribution in [3.8, 4) is 0 Å². The summed E-state index contributed by atoms with van der Waals surface area (Å²) in [4.78, 5) is 27.8. The number of hydrogen-bond donors (Lipinski definition) is 0. The van der Waals surface area contributed by atoms with Crippen LogP contribution in [0.3, 0.4) is 0 Å². The number of nitrogens with zero attached hydrogens (tertiary/aromatic N) is 5. The van der Waals surface area contributed by atoms with Crippen LogP contribution in [-0.4, -0.2) is 83.6 Å². The minimum atomic E-state index is 0.0934. The molecule has 0 spiro atoms. The Balaban J connectivity index is 1.57. The Labute approximate surface area is 150 Å². The first-order valence-corrected chi connectivity index (χ1v) is 9.19. The topological polar surface area (TPSA) is 61.8 Å². The van der Waals surface area contributed by atoms with E-state index in [1.807, 2.05) is 17.3 Å². The lowest BCUT2D eigenvalue weighted by Crippen LogP contribution is -2.46. The van der Waals surface area contributed by atoms with Crippen LogP contribution in [0.5, 0.6) is 0 Å². The molecule has 2 aliphatic heterocycles. The van der Waals surface area contributed by atoms with Crippen molar-refractivity contribution >= 4 is 5.91 Å². The third-order valence-corrected chi connectivity index (χ3v) is 5.16. The lowest BCUT2D eigenvalue weighted by Gasteiger charge is -2.34. The van der Waals surface area contributed by atoms with Crippen molar-refractivity contribution in [1.29, 1.82) is 0 Å². The van der Waals surface area contributed by atoms with Crippen molar-refractivity contribution in [2.24, 2.45) is 0 Å². The van der Waals surface area contributed by atoms with E-state index in [0.717, 1.165) is 76.6 Å². The average Bonchev–Trinajstić information content (AvgIpc) is 3.11. The molecule has 1 amide bonds. The number of hydrogen-bond acceptors (Lipinski definition) is 6. The highest BCUT2D eigenvalue weighted by Crippen LogP contribution is 2.30. The summed E-state index contributed by atoms with van der Waals surface area (Å²) < 4.78 is 5.15. The molecular formula is C18H29N5O2. The zero-order valence-corrected chi connectivity index (χ0v) is 15.4. The van der Waals surface area contributed by atoms with E-state index in [-0.39, 0.29) is 11.9 Å². The van der Waals surface area contributed by atoms with E-state index < -0.39 is 0 Å². The summed E-state index contributed by atoms with van der Waals surface area (Å²) in [7, 11) is 1.75. The van der Waals surface area contributed by atoms with E-state index in [1.54, 1.807) is 14.0 Å². The molecule has 0 aliphatic carbocycles. The first-order chi connectivity index (χ1) is 12.2. The number of piperazine rings is 1. The van der Waals surface area contributed by atoms with Gasteiger partial charge in [0.05, 0.1) is 30.2 Å². The van der Waals surface area contributed by atoms with Crippen LogP contribution in [0.15, 0.2) is 12.4 Å². The molecule has 0 radical (unpaired) electrons. The Morgan fingerprint density at radius 1 is 1.20 bits per heavy atom. The van der Waals surface area contributed by atoms with E-state index in [9.17, 15) is 4.79 Å². The summed E-state index contributed by atoms with van der Waals surface area (Å²) in [5.41, 5.74) is 1.93. The molecule has 2 aliphatic rings. The van der Waals surface area contributed by atoms with Gasteiger partial charge in [-0.15, -0.1) is 0 Å². The maximum Gasteiger partial charge on any atom is 0.220 e. The summed E-state index contributed by atoms with van der Waals surface area (Å²) in [5.74, 6) is 0.127. The van der Waals surface area contributed by atoms with Crippen molar-refractivity contribution in [3.63, 3.8) is 0 Å². The molecule has 138 valence electrons. The number of amides is 1. The molecule has 25 heavy (non-hydrogen) atoms. The van der Waals surface area contributed by atoms with Crippen LogP contribution >= 0.6 is 0 Å². The number of carbonyl (C=O) groups excluding carboxylic acids is 1. The third kappa shape index (κ3) is 4.74. The second-order valence-corrected chi connectivity index (χ2v) is 6.92. The third-order valence-electron chi connectivity index (χ3n) is 5.16. The van der Waals surface area contributed by atoms with Crippen LogP contribution in [-0.2, 0) is 16.1 Å². The van der Waals surface area contributed by atoms with Crippen molar-refractivity contribution in [2.45, 2.75) is 32.4 Å². The molecule has 7 heteroatoms. The van der Waals surface area contributed by atoms with Gasteiger partial charge in [-0.1, -0.05) is 0 Å². The highest BCUT2D eigenvalue weighted by Gasteiger charge is 2.29. The summed E-state index contributed by atoms with van der Waals surface area (Å²) in [6.07, 6.45) is 5.70. The highest BCUT2D eigenvalue weighted by atomic mass is 16.5. The zero-order chi connectivity index (χ0) is 17.6. The van der Waals surface area contributed by atoms with Gasteiger partial charge < -0.3 is 9.64 Å². The largest absolute Gasteiger partial charge is 0.383 e. The number of aromatic nitrogens is 2. The maximum absolute atomic E-state index is 11.8. The molecule has 0 bridgehead atoms. The Bertz CT molecular complexity index is 574. The smallest absolute Gasteiger partial charge is 0.220 e. The second kappa shape index (κ2) is 8.69. The quantitative estimate of drug-likeness (QED) is 0.763. The standard InChI is InChI=1S/C18H29N5O2/c1-15(24)23-5-3-4-18(23)17-13-19-12-16(20-17)14-22-8-6-21(7-9-22)10-11-25-2/h12-13,18H,3-11,14H2,1-2H3/t18-/m1/s1. The van der Waals surface area contributed by atoms with Gasteiger partial charge in [0.2, 0.25) is 5.91 Å². The molecule has 1 aromatic rings. The van der Waals surface area contributed by atoms with Gasteiger partial charge in [-0.25, -0.2) is 0 Å². The molecule has 1 aromatic heterocycles. The molecule has 1 atom stereocenters. The highest BCUT2D eigenvalue weighted by molar-refractivity contribution is 5.74. The van der Waals surface area contributed by atoms with Crippen LogP contribution < -0.4 is 0 Å². The van der Waals surface area contributed by atoms with Crippen molar-refractivity contribution in [2.75, 3.05) is 53.0 Å². The molecule has 0 unspecified atom stereocenters. The van der Waals surface area contributed by atoms with Gasteiger partial charge in [-0.05, 0) is 12.8 Å². The van der Waals surface area contributed by atoms with Crippen molar-refractivity contribution in [1.82, 2.24) is 24.7 Å². The number of rotatable bonds is 6. The molecule has 0 N–H and O–H groups in total. The zero-order valence-electron chi connectivity index (χ0n) is 15.4. The molecule has 3 rings (SSSR count). The number of likely N-dealkylation sites (tertiary alicyclic amines) is 1. The van der Waals surface area contributed by atoms with Crippen LogP contribution in [0.25, 0.3) is 0 Å². The van der Waals surface area contributed by atoms with Crippen LogP contribution in [0.4, 0.5) is 0 Å². The van der Waals surface area contributed by atoms with E-state index in [2.05, 4.69) is 14.8 Å².